The highest BCUT2D eigenvalue weighted by Gasteiger charge is 2.40. The summed E-state index contributed by atoms with van der Waals surface area (Å²) in [6.07, 6.45) is 0. The van der Waals surface area contributed by atoms with E-state index in [1.54, 1.807) is 42.7 Å². The first kappa shape index (κ1) is 40.2. The quantitative estimate of drug-likeness (QED) is 0.109. The van der Waals surface area contributed by atoms with E-state index in [0.717, 1.165) is 22.3 Å². The molecule has 0 unspecified atom stereocenters. The van der Waals surface area contributed by atoms with Crippen LogP contribution in [0.15, 0.2) is 109 Å². The molecule has 0 atom stereocenters. The first-order valence-electron chi connectivity index (χ1n) is 18.1. The van der Waals surface area contributed by atoms with E-state index in [2.05, 4.69) is 0 Å². The first-order chi connectivity index (χ1) is 26.9. The summed E-state index contributed by atoms with van der Waals surface area (Å²) >= 11 is 0. The number of ether oxygens (including phenoxy) is 6. The Hall–Kier alpha value is -5.42. The van der Waals surface area contributed by atoms with Gasteiger partial charge in [0.25, 0.3) is 0 Å². The zero-order valence-electron chi connectivity index (χ0n) is 33.6. The molecule has 10 heteroatoms. The average Bonchev–Trinajstić information content (AvgIpc) is 3.23. The molecule has 0 N–H and O–H groups in total. The SMILES string of the molecule is COc1ccc(P(=O)(c2ccc(OC)cc2)c2cc(C)c(OC)c(C)c2-c2c(P(=O)(c3ccc(OC)cc3)c3ccc(OC)cc3)cc(C)c(OC)c2C)cc1. The van der Waals surface area contributed by atoms with Crippen molar-refractivity contribution in [2.75, 3.05) is 42.7 Å². The summed E-state index contributed by atoms with van der Waals surface area (Å²) < 4.78 is 67.5. The van der Waals surface area contributed by atoms with E-state index in [9.17, 15) is 0 Å². The largest absolute Gasteiger partial charge is 0.497 e. The standard InChI is InChI=1S/C46H48O8P2/c1-29-27-41(55(47,37-19-11-33(49-5)12-20-37)38-21-13-34(50-6)14-22-38)43(31(3)45(29)53-9)44-32(4)46(54-10)30(2)28-42(44)56(48,39-23-15-35(51-7)16-24-39)40-25-17-36(52-8)18-26-40/h11-28H,1-10H3. The van der Waals surface area contributed by atoms with Crippen LogP contribution in [-0.2, 0) is 9.13 Å². The Morgan fingerprint density at radius 3 is 0.786 bits per heavy atom. The van der Waals surface area contributed by atoms with Crippen molar-refractivity contribution in [2.24, 2.45) is 0 Å². The Labute approximate surface area is 330 Å². The number of hydrogen-bond donors (Lipinski definition) is 0. The molecule has 290 valence electrons. The molecule has 0 saturated heterocycles. The van der Waals surface area contributed by atoms with Crippen molar-refractivity contribution in [2.45, 2.75) is 27.7 Å². The van der Waals surface area contributed by atoms with Crippen molar-refractivity contribution in [1.29, 1.82) is 0 Å². The topological polar surface area (TPSA) is 89.5 Å². The van der Waals surface area contributed by atoms with Crippen LogP contribution in [0.1, 0.15) is 22.3 Å². The van der Waals surface area contributed by atoms with Crippen molar-refractivity contribution in [3.8, 4) is 45.6 Å². The minimum atomic E-state index is -3.75. The van der Waals surface area contributed by atoms with Gasteiger partial charge in [0.1, 0.15) is 34.5 Å². The third kappa shape index (κ3) is 6.86. The highest BCUT2D eigenvalue weighted by molar-refractivity contribution is 7.86. The van der Waals surface area contributed by atoms with Crippen molar-refractivity contribution >= 4 is 46.1 Å². The van der Waals surface area contributed by atoms with Gasteiger partial charge < -0.3 is 37.6 Å². The molecule has 0 aliphatic heterocycles. The number of methoxy groups -OCH3 is 6. The lowest BCUT2D eigenvalue weighted by molar-refractivity contribution is 0.408. The Morgan fingerprint density at radius 2 is 0.589 bits per heavy atom. The molecule has 0 amide bonds. The minimum Gasteiger partial charge on any atom is -0.497 e. The summed E-state index contributed by atoms with van der Waals surface area (Å²) in [6.45, 7) is 7.85. The molecular weight excluding hydrogens is 742 g/mol. The molecule has 0 bridgehead atoms. The van der Waals surface area contributed by atoms with Crippen LogP contribution >= 0.6 is 14.3 Å². The molecule has 8 nitrogen and oxygen atoms in total. The van der Waals surface area contributed by atoms with E-state index in [0.29, 0.717) is 77.5 Å². The highest BCUT2D eigenvalue weighted by atomic mass is 31.2. The van der Waals surface area contributed by atoms with E-state index in [1.165, 1.54) is 0 Å². The molecule has 0 radical (unpaired) electrons. The molecule has 56 heavy (non-hydrogen) atoms. The fourth-order valence-corrected chi connectivity index (χ4v) is 13.6. The summed E-state index contributed by atoms with van der Waals surface area (Å²) in [6, 6.07) is 33.3. The van der Waals surface area contributed by atoms with Gasteiger partial charge in [-0.3, -0.25) is 0 Å². The van der Waals surface area contributed by atoms with E-state index in [-0.39, 0.29) is 0 Å². The van der Waals surface area contributed by atoms with E-state index in [1.807, 2.05) is 137 Å². The van der Waals surface area contributed by atoms with Gasteiger partial charge in [-0.1, -0.05) is 0 Å². The Kier molecular flexibility index (Phi) is 11.8. The van der Waals surface area contributed by atoms with Crippen LogP contribution in [0.4, 0.5) is 0 Å². The second-order valence-electron chi connectivity index (χ2n) is 13.5. The van der Waals surface area contributed by atoms with Crippen LogP contribution in [0.5, 0.6) is 34.5 Å². The van der Waals surface area contributed by atoms with Gasteiger partial charge in [-0.25, -0.2) is 0 Å². The van der Waals surface area contributed by atoms with Crippen LogP contribution in [0.3, 0.4) is 0 Å². The first-order valence-corrected chi connectivity index (χ1v) is 21.5. The molecule has 0 saturated carbocycles. The fraction of sp³-hybridized carbons (Fsp3) is 0.217. The van der Waals surface area contributed by atoms with Crippen molar-refractivity contribution in [3.63, 3.8) is 0 Å². The maximum Gasteiger partial charge on any atom is 0.171 e. The molecular formula is C46H48O8P2. The van der Waals surface area contributed by atoms with Crippen molar-refractivity contribution in [3.05, 3.63) is 131 Å². The lowest BCUT2D eigenvalue weighted by atomic mass is 9.92. The molecule has 6 aromatic rings. The lowest BCUT2D eigenvalue weighted by Crippen LogP contribution is -2.31. The number of hydrogen-bond acceptors (Lipinski definition) is 8. The second-order valence-corrected chi connectivity index (χ2v) is 19.0. The lowest BCUT2D eigenvalue weighted by Gasteiger charge is -2.31. The third-order valence-corrected chi connectivity index (χ3v) is 16.6. The van der Waals surface area contributed by atoms with Gasteiger partial charge in [-0.2, -0.15) is 0 Å². The molecule has 0 aliphatic rings. The van der Waals surface area contributed by atoms with E-state index >= 15 is 9.13 Å². The zero-order chi connectivity index (χ0) is 40.4. The van der Waals surface area contributed by atoms with Crippen LogP contribution in [-0.4, -0.2) is 42.7 Å². The van der Waals surface area contributed by atoms with Crippen LogP contribution in [0, 0.1) is 27.7 Å². The fourth-order valence-electron chi connectivity index (χ4n) is 7.67. The van der Waals surface area contributed by atoms with Gasteiger partial charge >= 0.3 is 0 Å². The summed E-state index contributed by atoms with van der Waals surface area (Å²) in [5.41, 5.74) is 4.40. The Balaban J connectivity index is 1.84. The maximum atomic E-state index is 16.6. The summed E-state index contributed by atoms with van der Waals surface area (Å²) in [4.78, 5) is 0. The summed E-state index contributed by atoms with van der Waals surface area (Å²) in [5, 5.41) is 3.52. The molecule has 0 aromatic heterocycles. The third-order valence-electron chi connectivity index (χ3n) is 10.4. The van der Waals surface area contributed by atoms with Gasteiger partial charge in [-0.15, -0.1) is 0 Å². The molecule has 6 aromatic carbocycles. The minimum absolute atomic E-state index is 0.565. The van der Waals surface area contributed by atoms with E-state index < -0.39 is 14.3 Å². The molecule has 6 rings (SSSR count). The summed E-state index contributed by atoms with van der Waals surface area (Å²) in [7, 11) is 2.18. The number of rotatable bonds is 13. The molecule has 0 fully saturated rings. The van der Waals surface area contributed by atoms with Crippen molar-refractivity contribution in [1.82, 2.24) is 0 Å². The maximum absolute atomic E-state index is 16.6. The number of aryl methyl sites for hydroxylation is 2. The van der Waals surface area contributed by atoms with Crippen LogP contribution < -0.4 is 60.2 Å². The Morgan fingerprint density at radius 1 is 0.357 bits per heavy atom. The van der Waals surface area contributed by atoms with Crippen LogP contribution in [0.2, 0.25) is 0 Å². The zero-order valence-corrected chi connectivity index (χ0v) is 35.3. The molecule has 0 heterocycles. The van der Waals surface area contributed by atoms with E-state index in [4.69, 9.17) is 28.4 Å². The normalized spacial score (nSPS) is 11.5. The second kappa shape index (κ2) is 16.4. The molecule has 0 spiro atoms. The van der Waals surface area contributed by atoms with Crippen LogP contribution in [0.25, 0.3) is 11.1 Å². The van der Waals surface area contributed by atoms with Gasteiger partial charge in [0.05, 0.1) is 42.7 Å². The monoisotopic (exact) mass is 790 g/mol. The molecule has 0 aliphatic carbocycles. The van der Waals surface area contributed by atoms with Crippen molar-refractivity contribution < 1.29 is 37.6 Å². The highest BCUT2D eigenvalue weighted by Crippen LogP contribution is 2.53. The predicted octanol–water partition coefficient (Wildman–Crippen LogP) is 7.92. The summed E-state index contributed by atoms with van der Waals surface area (Å²) in [5.74, 6) is 3.82. The van der Waals surface area contributed by atoms with Gasteiger partial charge in [0.2, 0.25) is 0 Å². The Bertz CT molecular complexity index is 2180. The predicted molar refractivity (Wildman–Crippen MR) is 229 cm³/mol. The smallest absolute Gasteiger partial charge is 0.171 e. The van der Waals surface area contributed by atoms with Gasteiger partial charge in [0.15, 0.2) is 14.3 Å². The van der Waals surface area contributed by atoms with Gasteiger partial charge in [-0.05, 0) is 159 Å². The van der Waals surface area contributed by atoms with Gasteiger partial charge in [0, 0.05) is 43.0 Å². The number of benzene rings is 6. The average molecular weight is 791 g/mol.